The van der Waals surface area contributed by atoms with Crippen molar-refractivity contribution in [3.63, 3.8) is 0 Å². The third-order valence-corrected chi connectivity index (χ3v) is 5.54. The number of nitrogens with one attached hydrogen (secondary N) is 1. The molecule has 4 rings (SSSR count). The lowest BCUT2D eigenvalue weighted by Gasteiger charge is -2.34. The number of hydrogen-bond acceptors (Lipinski definition) is 5. The second kappa shape index (κ2) is 7.12. The number of rotatable bonds is 3. The Morgan fingerprint density at radius 3 is 2.59 bits per heavy atom. The summed E-state index contributed by atoms with van der Waals surface area (Å²) >= 11 is 0. The molecule has 0 aromatic carbocycles. The van der Waals surface area contributed by atoms with Crippen LogP contribution in [0.15, 0.2) is 29.0 Å². The fraction of sp³-hybridized carbons (Fsp3) is 0.500. The van der Waals surface area contributed by atoms with Crippen LogP contribution in [-0.4, -0.2) is 45.8 Å². The topological polar surface area (TPSA) is 106 Å². The average Bonchev–Trinajstić information content (AvgIpc) is 3.35. The van der Waals surface area contributed by atoms with E-state index in [1.54, 1.807) is 12.1 Å². The van der Waals surface area contributed by atoms with Gasteiger partial charge in [-0.15, -0.1) is 0 Å². The number of halogens is 3. The summed E-state index contributed by atoms with van der Waals surface area (Å²) in [5.74, 6) is -0.760. The number of anilines is 1. The molecular formula is C18H20F3N5O3. The van der Waals surface area contributed by atoms with Gasteiger partial charge in [-0.25, -0.2) is 4.68 Å². The van der Waals surface area contributed by atoms with Crippen molar-refractivity contribution in [3.05, 3.63) is 35.9 Å². The highest BCUT2D eigenvalue weighted by Crippen LogP contribution is 2.44. The van der Waals surface area contributed by atoms with E-state index in [2.05, 4.69) is 10.4 Å². The number of fused-ring (bicyclic) bond motifs is 1. The Balaban J connectivity index is 1.62. The highest BCUT2D eigenvalue weighted by molar-refractivity contribution is 5.99. The number of carbonyl (C=O) groups excluding carboxylic acids is 2. The summed E-state index contributed by atoms with van der Waals surface area (Å²) in [5.41, 5.74) is 5.37. The molecule has 2 amide bonds. The van der Waals surface area contributed by atoms with Crippen LogP contribution in [0.4, 0.5) is 19.0 Å². The minimum atomic E-state index is -4.53. The van der Waals surface area contributed by atoms with Gasteiger partial charge in [0, 0.05) is 25.4 Å². The lowest BCUT2D eigenvalue weighted by Crippen LogP contribution is -2.42. The van der Waals surface area contributed by atoms with Crippen molar-refractivity contribution in [2.45, 2.75) is 37.5 Å². The van der Waals surface area contributed by atoms with Crippen molar-refractivity contribution in [2.24, 2.45) is 11.7 Å². The second-order valence-electron chi connectivity index (χ2n) is 7.33. The number of nitrogens with two attached hydrogens (primary N) is 1. The number of nitrogens with zero attached hydrogens (tertiary/aromatic N) is 3. The maximum absolute atomic E-state index is 13.7. The third-order valence-electron chi connectivity index (χ3n) is 5.54. The van der Waals surface area contributed by atoms with Gasteiger partial charge in [0.25, 0.3) is 5.91 Å². The van der Waals surface area contributed by atoms with Gasteiger partial charge in [0.05, 0.1) is 18.5 Å². The molecule has 0 saturated carbocycles. The molecule has 0 aliphatic carbocycles. The number of carbonyl (C=O) groups is 2. The minimum Gasteiger partial charge on any atom is -0.467 e. The van der Waals surface area contributed by atoms with Crippen LogP contribution >= 0.6 is 0 Å². The molecule has 29 heavy (non-hydrogen) atoms. The van der Waals surface area contributed by atoms with Crippen molar-refractivity contribution in [1.82, 2.24) is 14.7 Å². The highest BCUT2D eigenvalue weighted by atomic mass is 19.4. The van der Waals surface area contributed by atoms with Gasteiger partial charge < -0.3 is 20.4 Å². The summed E-state index contributed by atoms with van der Waals surface area (Å²) in [5, 5.41) is 6.84. The molecule has 8 nitrogen and oxygen atoms in total. The lowest BCUT2D eigenvalue weighted by molar-refractivity contribution is -0.174. The molecule has 0 spiro atoms. The first-order chi connectivity index (χ1) is 13.8. The monoisotopic (exact) mass is 411 g/mol. The maximum atomic E-state index is 13.7. The van der Waals surface area contributed by atoms with Crippen molar-refractivity contribution < 1.29 is 27.2 Å². The molecule has 2 aromatic rings. The Hall–Kier alpha value is -2.98. The highest BCUT2D eigenvalue weighted by Gasteiger charge is 2.48. The number of hydrogen-bond donors (Lipinski definition) is 2. The van der Waals surface area contributed by atoms with E-state index in [4.69, 9.17) is 10.2 Å². The number of likely N-dealkylation sites (tertiary alicyclic amines) is 1. The number of furan rings is 1. The van der Waals surface area contributed by atoms with E-state index in [0.717, 1.165) is 10.9 Å². The molecule has 4 heterocycles. The Bertz CT molecular complexity index is 900. The molecule has 3 N–H and O–H groups in total. The average molecular weight is 411 g/mol. The molecule has 11 heteroatoms. The van der Waals surface area contributed by atoms with Crippen LogP contribution < -0.4 is 11.1 Å². The summed E-state index contributed by atoms with van der Waals surface area (Å²) in [4.78, 5) is 25.8. The Kier molecular flexibility index (Phi) is 4.75. The number of amides is 2. The van der Waals surface area contributed by atoms with Gasteiger partial charge in [-0.1, -0.05) is 0 Å². The first-order valence-corrected chi connectivity index (χ1v) is 9.28. The number of aromatic nitrogens is 2. The summed E-state index contributed by atoms with van der Waals surface area (Å²) in [7, 11) is 0. The van der Waals surface area contributed by atoms with E-state index < -0.39 is 30.1 Å². The van der Waals surface area contributed by atoms with Gasteiger partial charge in [0.1, 0.15) is 17.1 Å². The molecule has 2 aromatic heterocycles. The lowest BCUT2D eigenvalue weighted by atomic mass is 9.96. The first-order valence-electron chi connectivity index (χ1n) is 9.28. The van der Waals surface area contributed by atoms with Crippen LogP contribution in [0.25, 0.3) is 0 Å². The zero-order valence-corrected chi connectivity index (χ0v) is 15.4. The molecule has 2 aliphatic rings. The van der Waals surface area contributed by atoms with E-state index in [1.807, 2.05) is 0 Å². The van der Waals surface area contributed by atoms with E-state index in [-0.39, 0.29) is 23.7 Å². The van der Waals surface area contributed by atoms with Gasteiger partial charge in [-0.3, -0.25) is 9.59 Å². The van der Waals surface area contributed by atoms with Gasteiger partial charge in [0.2, 0.25) is 5.91 Å². The molecule has 2 atom stereocenters. The van der Waals surface area contributed by atoms with E-state index in [0.29, 0.717) is 31.7 Å². The zero-order valence-electron chi connectivity index (χ0n) is 15.4. The number of piperidine rings is 1. The van der Waals surface area contributed by atoms with Crippen molar-refractivity contribution in [2.75, 3.05) is 18.4 Å². The van der Waals surface area contributed by atoms with Crippen molar-refractivity contribution in [1.29, 1.82) is 0 Å². The van der Waals surface area contributed by atoms with E-state index in [9.17, 15) is 22.8 Å². The number of alkyl halides is 3. The summed E-state index contributed by atoms with van der Waals surface area (Å²) < 4.78 is 47.1. The predicted octanol–water partition coefficient (Wildman–Crippen LogP) is 2.47. The Labute approximate surface area is 163 Å². The summed E-state index contributed by atoms with van der Waals surface area (Å²) in [6.07, 6.45) is -1.43. The van der Waals surface area contributed by atoms with Crippen LogP contribution in [0.2, 0.25) is 0 Å². The first kappa shape index (κ1) is 19.3. The van der Waals surface area contributed by atoms with Crippen LogP contribution in [0.5, 0.6) is 0 Å². The molecule has 2 aliphatic heterocycles. The van der Waals surface area contributed by atoms with Crippen LogP contribution in [0, 0.1) is 5.92 Å². The number of primary amides is 1. The fourth-order valence-corrected chi connectivity index (χ4v) is 3.93. The molecule has 0 bridgehead atoms. The van der Waals surface area contributed by atoms with Gasteiger partial charge >= 0.3 is 6.18 Å². The largest absolute Gasteiger partial charge is 0.467 e. The SMILES string of the molecule is NC(=O)C1CCN(C(=O)c2cnn3c2N[C@@H](c2ccco2)C[C@H]3C(F)(F)F)CC1. The smallest absolute Gasteiger partial charge is 0.410 e. The van der Waals surface area contributed by atoms with E-state index in [1.165, 1.54) is 11.2 Å². The normalized spacial score (nSPS) is 22.8. The molecule has 1 fully saturated rings. The molecule has 0 radical (unpaired) electrons. The Morgan fingerprint density at radius 2 is 2.00 bits per heavy atom. The quantitative estimate of drug-likeness (QED) is 0.807. The van der Waals surface area contributed by atoms with Gasteiger partial charge in [0.15, 0.2) is 6.04 Å². The van der Waals surface area contributed by atoms with E-state index >= 15 is 0 Å². The second-order valence-corrected chi connectivity index (χ2v) is 7.33. The third kappa shape index (κ3) is 3.56. The van der Waals surface area contributed by atoms with Crippen molar-refractivity contribution in [3.8, 4) is 0 Å². The van der Waals surface area contributed by atoms with Crippen LogP contribution in [0.1, 0.15) is 47.5 Å². The van der Waals surface area contributed by atoms with Crippen LogP contribution in [0.3, 0.4) is 0 Å². The van der Waals surface area contributed by atoms with Gasteiger partial charge in [-0.05, 0) is 25.0 Å². The Morgan fingerprint density at radius 1 is 1.28 bits per heavy atom. The van der Waals surface area contributed by atoms with Gasteiger partial charge in [-0.2, -0.15) is 18.3 Å². The predicted molar refractivity (Wildman–Crippen MR) is 94.8 cm³/mol. The molecular weight excluding hydrogens is 391 g/mol. The molecule has 0 unspecified atom stereocenters. The molecule has 1 saturated heterocycles. The zero-order chi connectivity index (χ0) is 20.8. The minimum absolute atomic E-state index is 0.0157. The fourth-order valence-electron chi connectivity index (χ4n) is 3.93. The van der Waals surface area contributed by atoms with Crippen LogP contribution in [-0.2, 0) is 4.79 Å². The summed E-state index contributed by atoms with van der Waals surface area (Å²) in [6.45, 7) is 0.614. The standard InChI is InChI=1S/C18H20F3N5O3/c19-18(20,21)14-8-12(13-2-1-7-29-13)24-16-11(9-23-26(14)16)17(28)25-5-3-10(4-6-25)15(22)27/h1-2,7,9-10,12,14,24H,3-6,8H2,(H2,22,27)/t12-,14+/m1/s1. The molecule has 156 valence electrons. The maximum Gasteiger partial charge on any atom is 0.410 e. The summed E-state index contributed by atoms with van der Waals surface area (Å²) in [6, 6.07) is 0.567. The van der Waals surface area contributed by atoms with Crippen molar-refractivity contribution >= 4 is 17.6 Å².